The van der Waals surface area contributed by atoms with Gasteiger partial charge in [-0.3, -0.25) is 4.79 Å². The van der Waals surface area contributed by atoms with Crippen LogP contribution in [-0.2, 0) is 0 Å². The number of nitrogens with zero attached hydrogens (tertiary/aromatic N) is 3. The minimum Gasteiger partial charge on any atom is -0.493 e. The molecule has 8 heteroatoms. The first kappa shape index (κ1) is 22.2. The number of rotatable bonds is 8. The third-order valence-corrected chi connectivity index (χ3v) is 6.26. The largest absolute Gasteiger partial charge is 0.493 e. The molecule has 2 aromatic rings. The van der Waals surface area contributed by atoms with E-state index in [-0.39, 0.29) is 5.91 Å². The Labute approximate surface area is 189 Å². The molecule has 1 aromatic heterocycles. The zero-order valence-corrected chi connectivity index (χ0v) is 19.3. The molecule has 1 saturated heterocycles. The van der Waals surface area contributed by atoms with Gasteiger partial charge in [-0.15, -0.1) is 0 Å². The van der Waals surface area contributed by atoms with Crippen LogP contribution in [0.2, 0.25) is 0 Å². The van der Waals surface area contributed by atoms with Crippen LogP contribution < -0.4 is 24.4 Å². The summed E-state index contributed by atoms with van der Waals surface area (Å²) in [7, 11) is 4.73. The Kier molecular flexibility index (Phi) is 6.67. The summed E-state index contributed by atoms with van der Waals surface area (Å²) in [6, 6.07) is 3.96. The summed E-state index contributed by atoms with van der Waals surface area (Å²) in [6.45, 7) is 3.77. The van der Waals surface area contributed by atoms with E-state index in [1.807, 2.05) is 12.1 Å². The molecule has 1 amide bonds. The van der Waals surface area contributed by atoms with Gasteiger partial charge < -0.3 is 24.4 Å². The van der Waals surface area contributed by atoms with E-state index in [9.17, 15) is 4.79 Å². The van der Waals surface area contributed by atoms with Gasteiger partial charge in [-0.25, -0.2) is 9.97 Å². The number of hydrogen-bond acceptors (Lipinski definition) is 7. The van der Waals surface area contributed by atoms with Crippen LogP contribution in [0.5, 0.6) is 17.2 Å². The standard InChI is InChI=1S/C24H32N4O4/c1-15-7-5-6-10-28(15)23-18(24(29)26-13-16-8-9-16)14-25-22(27-23)17-11-19(30-2)21(32-4)20(12-17)31-3/h11-12,14-16H,5-10,13H2,1-4H3,(H,26,29)/t15-/m1/s1. The first-order valence-electron chi connectivity index (χ1n) is 11.3. The summed E-state index contributed by atoms with van der Waals surface area (Å²) in [5.74, 6) is 3.27. The molecule has 1 saturated carbocycles. The van der Waals surface area contributed by atoms with Gasteiger partial charge in [-0.2, -0.15) is 0 Å². The van der Waals surface area contributed by atoms with Gasteiger partial charge in [-0.05, 0) is 57.1 Å². The van der Waals surface area contributed by atoms with E-state index >= 15 is 0 Å². The quantitative estimate of drug-likeness (QED) is 0.670. The average Bonchev–Trinajstić information content (AvgIpc) is 3.66. The Morgan fingerprint density at radius 1 is 1.09 bits per heavy atom. The molecule has 172 valence electrons. The molecule has 2 heterocycles. The van der Waals surface area contributed by atoms with Gasteiger partial charge >= 0.3 is 0 Å². The fourth-order valence-electron chi connectivity index (χ4n) is 4.17. The molecule has 0 unspecified atom stereocenters. The van der Waals surface area contributed by atoms with Gasteiger partial charge in [0.25, 0.3) is 5.91 Å². The highest BCUT2D eigenvalue weighted by atomic mass is 16.5. The van der Waals surface area contributed by atoms with Gasteiger partial charge in [0.2, 0.25) is 5.75 Å². The third-order valence-electron chi connectivity index (χ3n) is 6.26. The second-order valence-electron chi connectivity index (χ2n) is 8.54. The second kappa shape index (κ2) is 9.63. The topological polar surface area (TPSA) is 85.8 Å². The lowest BCUT2D eigenvalue weighted by atomic mass is 10.0. The van der Waals surface area contributed by atoms with E-state index in [2.05, 4.69) is 22.1 Å². The van der Waals surface area contributed by atoms with Crippen LogP contribution in [-0.4, -0.2) is 56.3 Å². The number of amides is 1. The lowest BCUT2D eigenvalue weighted by molar-refractivity contribution is 0.0951. The number of aromatic nitrogens is 2. The van der Waals surface area contributed by atoms with E-state index in [1.54, 1.807) is 27.5 Å². The lowest BCUT2D eigenvalue weighted by Gasteiger charge is -2.35. The second-order valence-corrected chi connectivity index (χ2v) is 8.54. The number of methoxy groups -OCH3 is 3. The van der Waals surface area contributed by atoms with Crippen LogP contribution in [0, 0.1) is 5.92 Å². The Morgan fingerprint density at radius 3 is 2.41 bits per heavy atom. The number of anilines is 1. The van der Waals surface area contributed by atoms with Crippen molar-refractivity contribution in [2.24, 2.45) is 5.92 Å². The Bertz CT molecular complexity index is 951. The fraction of sp³-hybridized carbons (Fsp3) is 0.542. The van der Waals surface area contributed by atoms with E-state index < -0.39 is 0 Å². The maximum absolute atomic E-state index is 13.0. The average molecular weight is 441 g/mol. The summed E-state index contributed by atoms with van der Waals surface area (Å²) in [4.78, 5) is 24.7. The van der Waals surface area contributed by atoms with Crippen molar-refractivity contribution >= 4 is 11.7 Å². The molecule has 1 atom stereocenters. The SMILES string of the molecule is COc1cc(-c2ncc(C(=O)NCC3CC3)c(N3CCCC[C@H]3C)n2)cc(OC)c1OC. The summed E-state index contributed by atoms with van der Waals surface area (Å²) >= 11 is 0. The predicted molar refractivity (Wildman–Crippen MR) is 123 cm³/mol. The van der Waals surface area contributed by atoms with Crippen LogP contribution in [0.15, 0.2) is 18.3 Å². The van der Waals surface area contributed by atoms with Crippen LogP contribution in [0.25, 0.3) is 11.4 Å². The van der Waals surface area contributed by atoms with Crippen LogP contribution >= 0.6 is 0 Å². The molecule has 0 spiro atoms. The van der Waals surface area contributed by atoms with Gasteiger partial charge in [0.05, 0.1) is 21.3 Å². The maximum Gasteiger partial charge on any atom is 0.256 e. The summed E-state index contributed by atoms with van der Waals surface area (Å²) in [5, 5.41) is 3.06. The highest BCUT2D eigenvalue weighted by molar-refractivity contribution is 5.99. The molecular weight excluding hydrogens is 408 g/mol. The van der Waals surface area contributed by atoms with Crippen molar-refractivity contribution in [3.63, 3.8) is 0 Å². The number of carbonyl (C=O) groups excluding carboxylic acids is 1. The van der Waals surface area contributed by atoms with Crippen molar-refractivity contribution in [3.8, 4) is 28.6 Å². The van der Waals surface area contributed by atoms with Crippen molar-refractivity contribution in [1.82, 2.24) is 15.3 Å². The molecule has 2 fully saturated rings. The first-order valence-corrected chi connectivity index (χ1v) is 11.3. The van der Waals surface area contributed by atoms with Crippen LogP contribution in [0.3, 0.4) is 0 Å². The third kappa shape index (κ3) is 4.59. The van der Waals surface area contributed by atoms with E-state index in [0.29, 0.717) is 53.0 Å². The molecule has 4 rings (SSSR count). The zero-order valence-electron chi connectivity index (χ0n) is 19.3. The Hall–Kier alpha value is -3.03. The molecule has 8 nitrogen and oxygen atoms in total. The smallest absolute Gasteiger partial charge is 0.256 e. The van der Waals surface area contributed by atoms with E-state index in [4.69, 9.17) is 19.2 Å². The minimum absolute atomic E-state index is 0.110. The molecule has 32 heavy (non-hydrogen) atoms. The molecule has 1 aliphatic carbocycles. The number of ether oxygens (including phenoxy) is 3. The van der Waals surface area contributed by atoms with Crippen LogP contribution in [0.4, 0.5) is 5.82 Å². The summed E-state index contributed by atoms with van der Waals surface area (Å²) < 4.78 is 16.4. The number of hydrogen-bond donors (Lipinski definition) is 1. The first-order chi connectivity index (χ1) is 15.5. The predicted octanol–water partition coefficient (Wildman–Crippen LogP) is 3.69. The fourth-order valence-corrected chi connectivity index (χ4v) is 4.17. The molecular formula is C24H32N4O4. The number of nitrogens with one attached hydrogen (secondary N) is 1. The van der Waals surface area contributed by atoms with Crippen molar-refractivity contribution in [2.45, 2.75) is 45.1 Å². The molecule has 0 radical (unpaired) electrons. The van der Waals surface area contributed by atoms with Crippen molar-refractivity contribution in [1.29, 1.82) is 0 Å². The highest BCUT2D eigenvalue weighted by Gasteiger charge is 2.28. The number of piperidine rings is 1. The Morgan fingerprint density at radius 2 is 1.81 bits per heavy atom. The van der Waals surface area contributed by atoms with Crippen molar-refractivity contribution in [3.05, 3.63) is 23.9 Å². The zero-order chi connectivity index (χ0) is 22.7. The molecule has 1 aliphatic heterocycles. The van der Waals surface area contributed by atoms with E-state index in [1.165, 1.54) is 19.3 Å². The number of carbonyl (C=O) groups is 1. The summed E-state index contributed by atoms with van der Waals surface area (Å²) in [5.41, 5.74) is 1.26. The van der Waals surface area contributed by atoms with Gasteiger partial charge in [0.1, 0.15) is 11.4 Å². The van der Waals surface area contributed by atoms with Gasteiger partial charge in [0.15, 0.2) is 17.3 Å². The van der Waals surface area contributed by atoms with Gasteiger partial charge in [-0.1, -0.05) is 0 Å². The lowest BCUT2D eigenvalue weighted by Crippen LogP contribution is -2.40. The molecule has 0 bridgehead atoms. The van der Waals surface area contributed by atoms with Crippen LogP contribution in [0.1, 0.15) is 49.4 Å². The Balaban J connectivity index is 1.75. The van der Waals surface area contributed by atoms with Gasteiger partial charge in [0, 0.05) is 30.9 Å². The molecule has 1 aromatic carbocycles. The minimum atomic E-state index is -0.110. The van der Waals surface area contributed by atoms with Crippen molar-refractivity contribution < 1.29 is 19.0 Å². The highest BCUT2D eigenvalue weighted by Crippen LogP contribution is 2.41. The normalized spacial score (nSPS) is 18.2. The van der Waals surface area contributed by atoms with E-state index in [0.717, 1.165) is 24.9 Å². The summed E-state index contributed by atoms with van der Waals surface area (Å²) in [6.07, 6.45) is 7.36. The molecule has 2 aliphatic rings. The molecule has 1 N–H and O–H groups in total. The monoisotopic (exact) mass is 440 g/mol. The maximum atomic E-state index is 13.0. The number of benzene rings is 1. The van der Waals surface area contributed by atoms with Crippen molar-refractivity contribution in [2.75, 3.05) is 39.3 Å².